The minimum Gasteiger partial charge on any atom is -0.454 e. The van der Waals surface area contributed by atoms with E-state index >= 15 is 0 Å². The molecule has 0 atom stereocenters. The number of aromatic nitrogens is 1. The molecule has 0 bridgehead atoms. The van der Waals surface area contributed by atoms with Gasteiger partial charge >= 0.3 is 12.4 Å². The lowest BCUT2D eigenvalue weighted by Gasteiger charge is -2.17. The van der Waals surface area contributed by atoms with Crippen molar-refractivity contribution in [2.45, 2.75) is 30.6 Å². The maximum absolute atomic E-state index is 13.1. The van der Waals surface area contributed by atoms with Gasteiger partial charge in [-0.25, -0.2) is 0 Å². The molecule has 0 radical (unpaired) electrons. The summed E-state index contributed by atoms with van der Waals surface area (Å²) in [5.41, 5.74) is -4.06. The Bertz CT molecular complexity index is 1240. The number of hydrogen-bond donors (Lipinski definition) is 1. The molecule has 178 valence electrons. The lowest BCUT2D eigenvalue weighted by atomic mass is 9.99. The van der Waals surface area contributed by atoms with E-state index in [-0.39, 0.29) is 18.6 Å². The first-order valence-electron chi connectivity index (χ1n) is 9.94. The molecule has 1 amide bonds. The van der Waals surface area contributed by atoms with Crippen molar-refractivity contribution < 1.29 is 45.1 Å². The third-order valence-electron chi connectivity index (χ3n) is 5.69. The molecule has 1 aromatic heterocycles. The second-order valence-corrected chi connectivity index (χ2v) is 7.98. The number of carbonyl (C=O) groups is 1. The number of amides is 1. The van der Waals surface area contributed by atoms with Crippen molar-refractivity contribution in [3.63, 3.8) is 0 Å². The highest BCUT2D eigenvalue weighted by atomic mass is 19.4. The molecular formula is C22H14F6N2O4. The molecule has 5 rings (SSSR count). The van der Waals surface area contributed by atoms with E-state index in [1.807, 2.05) is 0 Å². The molecule has 34 heavy (non-hydrogen) atoms. The number of rotatable bonds is 4. The summed E-state index contributed by atoms with van der Waals surface area (Å²) in [6, 6.07) is 7.46. The molecule has 1 saturated carbocycles. The van der Waals surface area contributed by atoms with Crippen molar-refractivity contribution in [1.82, 2.24) is 5.16 Å². The topological polar surface area (TPSA) is 73.6 Å². The van der Waals surface area contributed by atoms with Gasteiger partial charge in [0, 0.05) is 17.3 Å². The normalized spacial score (nSPS) is 16.4. The maximum atomic E-state index is 13.1. The van der Waals surface area contributed by atoms with Crippen LogP contribution < -0.4 is 14.8 Å². The van der Waals surface area contributed by atoms with Crippen molar-refractivity contribution in [3.8, 4) is 22.8 Å². The van der Waals surface area contributed by atoms with Crippen LogP contribution >= 0.6 is 0 Å². The largest absolute Gasteiger partial charge is 0.454 e. The highest BCUT2D eigenvalue weighted by Crippen LogP contribution is 2.50. The summed E-state index contributed by atoms with van der Waals surface area (Å²) in [6.45, 7) is 0.0787. The van der Waals surface area contributed by atoms with Crippen LogP contribution in [0.25, 0.3) is 11.3 Å². The van der Waals surface area contributed by atoms with Gasteiger partial charge in [-0.1, -0.05) is 5.16 Å². The Kier molecular flexibility index (Phi) is 4.81. The van der Waals surface area contributed by atoms with Crippen molar-refractivity contribution in [3.05, 3.63) is 59.3 Å². The van der Waals surface area contributed by atoms with Crippen molar-refractivity contribution in [2.24, 2.45) is 0 Å². The number of ether oxygens (including phenoxy) is 2. The molecule has 2 heterocycles. The Labute approximate surface area is 187 Å². The monoisotopic (exact) mass is 484 g/mol. The van der Waals surface area contributed by atoms with Gasteiger partial charge in [-0.05, 0) is 49.2 Å². The Morgan fingerprint density at radius 2 is 1.53 bits per heavy atom. The number of hydrogen-bond acceptors (Lipinski definition) is 5. The molecule has 1 fully saturated rings. The van der Waals surface area contributed by atoms with E-state index in [2.05, 4.69) is 10.5 Å². The lowest BCUT2D eigenvalue weighted by molar-refractivity contribution is -0.143. The standard InChI is InChI=1S/C22H14F6N2O4/c23-21(24,25)12-6-13(22(26,27)28)8-14(7-12)29-19(31)20(3-4-20)18-9-16(34-30-18)11-1-2-15-17(5-11)33-10-32-15/h1-2,5-9H,3-4,10H2,(H,29,31). The molecular weight excluding hydrogens is 470 g/mol. The second kappa shape index (κ2) is 7.40. The second-order valence-electron chi connectivity index (χ2n) is 7.98. The van der Waals surface area contributed by atoms with Gasteiger partial charge in [-0.2, -0.15) is 26.3 Å². The summed E-state index contributed by atoms with van der Waals surface area (Å²) in [5, 5.41) is 6.12. The molecule has 0 unspecified atom stereocenters. The minimum absolute atomic E-state index is 0.00216. The average molecular weight is 484 g/mol. The first-order valence-corrected chi connectivity index (χ1v) is 9.94. The Balaban J connectivity index is 1.41. The van der Waals surface area contributed by atoms with E-state index in [0.717, 1.165) is 0 Å². The number of fused-ring (bicyclic) bond motifs is 1. The Hall–Kier alpha value is -3.70. The number of anilines is 1. The molecule has 0 spiro atoms. The SMILES string of the molecule is O=C(Nc1cc(C(F)(F)F)cc(C(F)(F)F)c1)C1(c2cc(-c3ccc4c(c3)OCO4)on2)CC1. The van der Waals surface area contributed by atoms with Crippen molar-refractivity contribution >= 4 is 11.6 Å². The molecule has 1 N–H and O–H groups in total. The summed E-state index contributed by atoms with van der Waals surface area (Å²) in [4.78, 5) is 12.9. The number of alkyl halides is 6. The van der Waals surface area contributed by atoms with Gasteiger partial charge in [0.05, 0.1) is 22.2 Å². The number of halogens is 6. The molecule has 2 aromatic carbocycles. The highest BCUT2D eigenvalue weighted by Gasteiger charge is 2.54. The van der Waals surface area contributed by atoms with Gasteiger partial charge in [0.1, 0.15) is 0 Å². The fourth-order valence-electron chi connectivity index (χ4n) is 3.69. The molecule has 6 nitrogen and oxygen atoms in total. The van der Waals surface area contributed by atoms with Crippen molar-refractivity contribution in [1.29, 1.82) is 0 Å². The van der Waals surface area contributed by atoms with Crippen LogP contribution in [0, 0.1) is 0 Å². The number of carbonyl (C=O) groups excluding carboxylic acids is 1. The minimum atomic E-state index is -5.02. The van der Waals surface area contributed by atoms with Gasteiger partial charge in [-0.15, -0.1) is 0 Å². The summed E-state index contributed by atoms with van der Waals surface area (Å²) in [6.07, 6.45) is -9.44. The van der Waals surface area contributed by atoms with E-state index in [1.54, 1.807) is 18.2 Å². The number of nitrogens with one attached hydrogen (secondary N) is 1. The maximum Gasteiger partial charge on any atom is 0.416 e. The van der Waals surface area contributed by atoms with E-state index in [1.165, 1.54) is 6.07 Å². The fourth-order valence-corrected chi connectivity index (χ4v) is 3.69. The van der Waals surface area contributed by atoms with E-state index in [4.69, 9.17) is 14.0 Å². The number of nitrogens with zero attached hydrogens (tertiary/aromatic N) is 1. The van der Waals surface area contributed by atoms with Crippen LogP contribution in [0.3, 0.4) is 0 Å². The third kappa shape index (κ3) is 3.93. The zero-order valence-corrected chi connectivity index (χ0v) is 17.0. The predicted octanol–water partition coefficient (Wildman–Crippen LogP) is 5.78. The summed E-state index contributed by atoms with van der Waals surface area (Å²) >= 11 is 0. The van der Waals surface area contributed by atoms with Gasteiger partial charge < -0.3 is 19.3 Å². The molecule has 1 aliphatic heterocycles. The van der Waals surface area contributed by atoms with Crippen LogP contribution in [0.2, 0.25) is 0 Å². The lowest BCUT2D eigenvalue weighted by Crippen LogP contribution is -2.28. The quantitative estimate of drug-likeness (QED) is 0.476. The highest BCUT2D eigenvalue weighted by molar-refractivity contribution is 6.01. The zero-order chi connectivity index (χ0) is 24.3. The van der Waals surface area contributed by atoms with Crippen LogP contribution in [0.1, 0.15) is 29.7 Å². The van der Waals surface area contributed by atoms with Crippen LogP contribution in [-0.4, -0.2) is 17.9 Å². The van der Waals surface area contributed by atoms with Crippen LogP contribution in [0.15, 0.2) is 47.0 Å². The molecule has 1 aliphatic carbocycles. The van der Waals surface area contributed by atoms with Crippen molar-refractivity contribution in [2.75, 3.05) is 12.1 Å². The summed E-state index contributed by atoms with van der Waals surface area (Å²) in [5.74, 6) is 0.594. The van der Waals surface area contributed by atoms with Crippen LogP contribution in [0.5, 0.6) is 11.5 Å². The van der Waals surface area contributed by atoms with Gasteiger partial charge in [0.25, 0.3) is 0 Å². The average Bonchev–Trinajstić information content (AvgIpc) is 3.19. The summed E-state index contributed by atoms with van der Waals surface area (Å²) in [7, 11) is 0. The Morgan fingerprint density at radius 1 is 0.882 bits per heavy atom. The summed E-state index contributed by atoms with van der Waals surface area (Å²) < 4.78 is 94.6. The van der Waals surface area contributed by atoms with Gasteiger partial charge in [0.2, 0.25) is 12.7 Å². The van der Waals surface area contributed by atoms with E-state index in [0.29, 0.717) is 47.8 Å². The predicted molar refractivity (Wildman–Crippen MR) is 104 cm³/mol. The van der Waals surface area contributed by atoms with E-state index < -0.39 is 40.5 Å². The smallest absolute Gasteiger partial charge is 0.416 e. The van der Waals surface area contributed by atoms with E-state index in [9.17, 15) is 31.1 Å². The molecule has 12 heteroatoms. The number of benzene rings is 2. The zero-order valence-electron chi connectivity index (χ0n) is 17.0. The fraction of sp³-hybridized carbons (Fsp3) is 0.273. The van der Waals surface area contributed by atoms with Gasteiger partial charge in [0.15, 0.2) is 17.3 Å². The molecule has 0 saturated heterocycles. The van der Waals surface area contributed by atoms with Gasteiger partial charge in [-0.3, -0.25) is 4.79 Å². The first kappa shape index (κ1) is 22.1. The molecule has 3 aromatic rings. The molecule has 2 aliphatic rings. The first-order chi connectivity index (χ1) is 16.0. The third-order valence-corrected chi connectivity index (χ3v) is 5.69. The Morgan fingerprint density at radius 3 is 2.15 bits per heavy atom. The van der Waals surface area contributed by atoms with Crippen LogP contribution in [-0.2, 0) is 22.6 Å². The van der Waals surface area contributed by atoms with Crippen LogP contribution in [0.4, 0.5) is 32.0 Å².